The number of ether oxygens (including phenoxy) is 1. The molecule has 1 N–H and O–H groups in total. The van der Waals surface area contributed by atoms with Crippen LogP contribution in [0.25, 0.3) is 0 Å². The van der Waals surface area contributed by atoms with Gasteiger partial charge in [-0.3, -0.25) is 9.78 Å². The summed E-state index contributed by atoms with van der Waals surface area (Å²) in [7, 11) is 2.13. The van der Waals surface area contributed by atoms with Crippen LogP contribution in [0, 0.1) is 12.3 Å². The van der Waals surface area contributed by atoms with Gasteiger partial charge in [-0.1, -0.05) is 0 Å². The number of alkyl halides is 3. The summed E-state index contributed by atoms with van der Waals surface area (Å²) in [5.41, 5.74) is 1.31. The van der Waals surface area contributed by atoms with E-state index in [1.54, 1.807) is 12.4 Å². The van der Waals surface area contributed by atoms with E-state index >= 15 is 0 Å². The van der Waals surface area contributed by atoms with E-state index in [0.717, 1.165) is 57.9 Å². The summed E-state index contributed by atoms with van der Waals surface area (Å²) in [6, 6.07) is 0. The van der Waals surface area contributed by atoms with Crippen molar-refractivity contribution in [3.05, 3.63) is 23.8 Å². The highest BCUT2D eigenvalue weighted by Crippen LogP contribution is 2.33. The number of carboxylic acid groups (broad SMARTS) is 1. The molecule has 0 bridgehead atoms. The first-order chi connectivity index (χ1) is 13.5. The molecule has 8 nitrogen and oxygen atoms in total. The molecular formula is C18H25F3N4O4. The second kappa shape index (κ2) is 9.49. The molecule has 1 aromatic rings. The van der Waals surface area contributed by atoms with Crippen LogP contribution in [0.5, 0.6) is 0 Å². The number of rotatable bonds is 1. The second-order valence-electron chi connectivity index (χ2n) is 7.47. The summed E-state index contributed by atoms with van der Waals surface area (Å²) in [6.07, 6.45) is 0.271. The third-order valence-electron chi connectivity index (χ3n) is 4.82. The van der Waals surface area contributed by atoms with E-state index in [4.69, 9.17) is 14.6 Å². The molecule has 3 heterocycles. The van der Waals surface area contributed by atoms with E-state index in [2.05, 4.69) is 21.9 Å². The number of likely N-dealkylation sites (tertiary alicyclic amines) is 1. The Morgan fingerprint density at radius 3 is 2.48 bits per heavy atom. The number of aliphatic carboxylic acids is 1. The molecular weight excluding hydrogens is 393 g/mol. The van der Waals surface area contributed by atoms with Crippen LogP contribution in [0.1, 0.15) is 29.0 Å². The van der Waals surface area contributed by atoms with E-state index in [0.29, 0.717) is 5.69 Å². The standard InChI is InChI=1S/C16H24N4O2.C2HF3O2/c1-13-8-18-14(9-17-13)15(21)20-5-3-4-16(11-20)10-19(2)6-7-22-12-16;3-2(4,5)1(6)7/h8-9H,3-7,10-12H2,1-2H3;(H,6,7). The maximum Gasteiger partial charge on any atom is 0.490 e. The molecule has 1 unspecified atom stereocenters. The first-order valence-electron chi connectivity index (χ1n) is 9.17. The zero-order valence-electron chi connectivity index (χ0n) is 16.4. The van der Waals surface area contributed by atoms with Gasteiger partial charge in [-0.05, 0) is 26.8 Å². The molecule has 2 fully saturated rings. The Kier molecular flexibility index (Phi) is 7.53. The number of halogens is 3. The van der Waals surface area contributed by atoms with E-state index in [-0.39, 0.29) is 11.3 Å². The van der Waals surface area contributed by atoms with Crippen LogP contribution < -0.4 is 0 Å². The highest BCUT2D eigenvalue weighted by atomic mass is 19.4. The Labute approximate surface area is 166 Å². The molecule has 0 aromatic carbocycles. The zero-order chi connectivity index (χ0) is 21.7. The molecule has 1 amide bonds. The van der Waals surface area contributed by atoms with Gasteiger partial charge >= 0.3 is 12.1 Å². The number of carboxylic acids is 1. The molecule has 0 aliphatic carbocycles. The third kappa shape index (κ3) is 6.64. The fourth-order valence-corrected chi connectivity index (χ4v) is 3.50. The number of amides is 1. The lowest BCUT2D eigenvalue weighted by molar-refractivity contribution is -0.192. The molecule has 29 heavy (non-hydrogen) atoms. The van der Waals surface area contributed by atoms with Gasteiger partial charge in [-0.2, -0.15) is 13.2 Å². The fourth-order valence-electron chi connectivity index (χ4n) is 3.50. The van der Waals surface area contributed by atoms with Crippen molar-refractivity contribution in [2.75, 3.05) is 46.4 Å². The number of aromatic nitrogens is 2. The van der Waals surface area contributed by atoms with Crippen molar-refractivity contribution in [3.63, 3.8) is 0 Å². The van der Waals surface area contributed by atoms with Gasteiger partial charge in [0, 0.05) is 37.8 Å². The lowest BCUT2D eigenvalue weighted by Crippen LogP contribution is -2.51. The molecule has 1 aromatic heterocycles. The monoisotopic (exact) mass is 418 g/mol. The quantitative estimate of drug-likeness (QED) is 0.740. The summed E-state index contributed by atoms with van der Waals surface area (Å²) >= 11 is 0. The number of aryl methyl sites for hydroxylation is 1. The first-order valence-corrected chi connectivity index (χ1v) is 9.17. The van der Waals surface area contributed by atoms with Crippen molar-refractivity contribution >= 4 is 11.9 Å². The van der Waals surface area contributed by atoms with Crippen molar-refractivity contribution < 1.29 is 32.6 Å². The van der Waals surface area contributed by atoms with Gasteiger partial charge in [0.2, 0.25) is 0 Å². The van der Waals surface area contributed by atoms with Crippen molar-refractivity contribution in [1.29, 1.82) is 0 Å². The number of carbonyl (C=O) groups is 2. The van der Waals surface area contributed by atoms with E-state index in [1.807, 2.05) is 11.8 Å². The van der Waals surface area contributed by atoms with Crippen molar-refractivity contribution in [1.82, 2.24) is 19.8 Å². The van der Waals surface area contributed by atoms with Crippen molar-refractivity contribution in [2.45, 2.75) is 25.9 Å². The van der Waals surface area contributed by atoms with Crippen LogP contribution in [0.4, 0.5) is 13.2 Å². The number of hydrogen-bond acceptors (Lipinski definition) is 6. The number of hydrogen-bond donors (Lipinski definition) is 1. The van der Waals surface area contributed by atoms with E-state index in [9.17, 15) is 18.0 Å². The van der Waals surface area contributed by atoms with Gasteiger partial charge in [0.05, 0.1) is 25.1 Å². The average Bonchev–Trinajstić information content (AvgIpc) is 2.82. The maximum atomic E-state index is 12.7. The molecule has 11 heteroatoms. The van der Waals surface area contributed by atoms with Crippen LogP contribution in [0.2, 0.25) is 0 Å². The second-order valence-corrected chi connectivity index (χ2v) is 7.47. The molecule has 2 aliphatic rings. The topological polar surface area (TPSA) is 95.9 Å². The summed E-state index contributed by atoms with van der Waals surface area (Å²) in [5, 5.41) is 7.12. The smallest absolute Gasteiger partial charge is 0.475 e. The van der Waals surface area contributed by atoms with Crippen LogP contribution in [-0.4, -0.2) is 89.4 Å². The van der Waals surface area contributed by atoms with Crippen LogP contribution in [0.3, 0.4) is 0 Å². The Morgan fingerprint density at radius 2 is 1.90 bits per heavy atom. The first kappa shape index (κ1) is 23.0. The summed E-state index contributed by atoms with van der Waals surface area (Å²) in [5.74, 6) is -2.77. The Morgan fingerprint density at radius 1 is 1.21 bits per heavy atom. The maximum absolute atomic E-state index is 12.7. The third-order valence-corrected chi connectivity index (χ3v) is 4.82. The molecule has 0 radical (unpaired) electrons. The predicted octanol–water partition coefficient (Wildman–Crippen LogP) is 1.60. The highest BCUT2D eigenvalue weighted by molar-refractivity contribution is 5.92. The molecule has 2 aliphatic heterocycles. The number of likely N-dealkylation sites (N-methyl/N-ethyl adjacent to an activating group) is 1. The Hall–Kier alpha value is -2.27. The van der Waals surface area contributed by atoms with Crippen molar-refractivity contribution in [3.8, 4) is 0 Å². The van der Waals surface area contributed by atoms with Crippen LogP contribution in [-0.2, 0) is 9.53 Å². The number of carbonyl (C=O) groups excluding carboxylic acids is 1. The molecule has 0 saturated carbocycles. The number of nitrogens with zero attached hydrogens (tertiary/aromatic N) is 4. The van der Waals surface area contributed by atoms with Gasteiger partial charge in [0.25, 0.3) is 5.91 Å². The SMILES string of the molecule is Cc1cnc(C(=O)N2CCCC3(COCCN(C)C3)C2)cn1.O=C(O)C(F)(F)F. The minimum absolute atomic E-state index is 0.0153. The predicted molar refractivity (Wildman–Crippen MR) is 96.3 cm³/mol. The van der Waals surface area contributed by atoms with Gasteiger partial charge in [-0.15, -0.1) is 0 Å². The highest BCUT2D eigenvalue weighted by Gasteiger charge is 2.40. The fraction of sp³-hybridized carbons (Fsp3) is 0.667. The van der Waals surface area contributed by atoms with Crippen LogP contribution >= 0.6 is 0 Å². The normalized spacial score (nSPS) is 23.1. The van der Waals surface area contributed by atoms with Gasteiger partial charge < -0.3 is 19.6 Å². The minimum Gasteiger partial charge on any atom is -0.475 e. The molecule has 1 spiro atoms. The molecule has 2 saturated heterocycles. The van der Waals surface area contributed by atoms with Crippen molar-refractivity contribution in [2.24, 2.45) is 5.41 Å². The molecule has 3 rings (SSSR count). The summed E-state index contributed by atoms with van der Waals surface area (Å²) < 4.78 is 37.5. The largest absolute Gasteiger partial charge is 0.490 e. The van der Waals surface area contributed by atoms with Gasteiger partial charge in [0.15, 0.2) is 0 Å². The Bertz CT molecular complexity index is 714. The average molecular weight is 418 g/mol. The molecule has 1 atom stereocenters. The van der Waals surface area contributed by atoms with Gasteiger partial charge in [0.1, 0.15) is 5.69 Å². The minimum atomic E-state index is -5.08. The van der Waals surface area contributed by atoms with E-state index in [1.165, 1.54) is 0 Å². The molecule has 162 valence electrons. The summed E-state index contributed by atoms with van der Waals surface area (Å²) in [6.45, 7) is 6.85. The van der Waals surface area contributed by atoms with Crippen LogP contribution in [0.15, 0.2) is 12.4 Å². The van der Waals surface area contributed by atoms with Gasteiger partial charge in [-0.25, -0.2) is 9.78 Å². The lowest BCUT2D eigenvalue weighted by atomic mass is 9.80. The zero-order valence-corrected chi connectivity index (χ0v) is 16.4. The summed E-state index contributed by atoms with van der Waals surface area (Å²) in [4.78, 5) is 34.2. The van der Waals surface area contributed by atoms with E-state index < -0.39 is 12.1 Å². The number of piperidine rings is 1. The Balaban J connectivity index is 0.000000370. The lowest BCUT2D eigenvalue weighted by Gasteiger charge is -2.43.